The number of hydrogen-bond donors (Lipinski definition) is 2. The lowest BCUT2D eigenvalue weighted by atomic mass is 10.0. The van der Waals surface area contributed by atoms with Crippen LogP contribution in [0.3, 0.4) is 0 Å². The number of Topliss-reactive ketones (excluding diaryl/α,β-unsaturated/α-hetero) is 2. The first kappa shape index (κ1) is 56.6. The van der Waals surface area contributed by atoms with E-state index in [4.69, 9.17) is 29.4 Å². The minimum absolute atomic E-state index is 0.103. The Morgan fingerprint density at radius 1 is 0.507 bits per heavy atom. The number of likely N-dealkylation sites (N-methyl/N-ethyl adjacent to an activating group) is 1. The van der Waals surface area contributed by atoms with Crippen molar-refractivity contribution in [1.82, 2.24) is 35.1 Å². The van der Waals surface area contributed by atoms with Gasteiger partial charge in [-0.3, -0.25) is 39.3 Å². The number of ether oxygens (including phenoxy) is 5. The lowest BCUT2D eigenvalue weighted by Gasteiger charge is -2.25. The van der Waals surface area contributed by atoms with Gasteiger partial charge in [-0.1, -0.05) is 36.8 Å². The first-order chi connectivity index (χ1) is 35.0. The number of benzene rings is 1. The van der Waals surface area contributed by atoms with E-state index in [-0.39, 0.29) is 17.6 Å². The van der Waals surface area contributed by atoms with Crippen molar-refractivity contribution in [2.45, 2.75) is 110 Å². The van der Waals surface area contributed by atoms with E-state index >= 15 is 0 Å². The molecule has 0 aliphatic heterocycles. The molecular formula is C56H78N8O7. The van der Waals surface area contributed by atoms with E-state index in [1.165, 1.54) is 0 Å². The second-order valence-electron chi connectivity index (χ2n) is 17.7. The van der Waals surface area contributed by atoms with Crippen LogP contribution in [0.25, 0.3) is 0 Å². The fraction of sp³-hybridized carbons (Fsp3) is 0.500. The van der Waals surface area contributed by atoms with Crippen molar-refractivity contribution in [3.63, 3.8) is 0 Å². The second kappa shape index (κ2) is 35.7. The summed E-state index contributed by atoms with van der Waals surface area (Å²) >= 11 is 0. The van der Waals surface area contributed by atoms with Crippen molar-refractivity contribution >= 4 is 11.6 Å². The summed E-state index contributed by atoms with van der Waals surface area (Å²) in [4.78, 5) is 48.3. The monoisotopic (exact) mass is 975 g/mol. The number of aromatic nitrogens is 4. The number of ketones is 2. The highest BCUT2D eigenvalue weighted by atomic mass is 16.6. The zero-order chi connectivity index (χ0) is 49.8. The zero-order valence-electron chi connectivity index (χ0n) is 42.1. The maximum Gasteiger partial charge on any atom is 0.149 e. The average molecular weight is 975 g/mol. The Morgan fingerprint density at radius 2 is 0.986 bits per heavy atom. The lowest BCUT2D eigenvalue weighted by molar-refractivity contribution is -0.121. The molecule has 5 rings (SSSR count). The van der Waals surface area contributed by atoms with Crippen LogP contribution < -0.4 is 15.8 Å². The summed E-state index contributed by atoms with van der Waals surface area (Å²) in [5, 5.41) is 3.11. The Labute approximate surface area is 422 Å². The van der Waals surface area contributed by atoms with Gasteiger partial charge < -0.3 is 34.7 Å². The van der Waals surface area contributed by atoms with Crippen molar-refractivity contribution in [2.24, 2.45) is 5.73 Å². The predicted octanol–water partition coefficient (Wildman–Crippen LogP) is 7.70. The van der Waals surface area contributed by atoms with Crippen LogP contribution in [0.1, 0.15) is 98.1 Å². The molecule has 3 N–H and O–H groups in total. The Balaban J connectivity index is 0.999. The highest BCUT2D eigenvalue weighted by molar-refractivity contribution is 5.83. The largest absolute Gasteiger partial charge is 0.494 e. The van der Waals surface area contributed by atoms with Gasteiger partial charge in [0, 0.05) is 89.9 Å². The standard InChI is InChI=1S/C56H78N8O7/c1-58-55(21-4-9-24-57)56(66)22-15-29-67-32-34-69-36-37-70-35-33-68-31-23-53(65)20-3-2-14-30-71-54-39-47(41-63(43-49-16-5-10-25-59-49)44-50-17-6-11-26-60-50)38-48(40-54)42-64(45-51-18-7-12-27-61-51)46-52-19-8-13-28-62-52/h5-8,10-13,16-19,25-28,38-40,55,58H,2-4,9,14-15,20-24,29-37,41-46,57H2,1H3/t55-/m0/s1. The highest BCUT2D eigenvalue weighted by Crippen LogP contribution is 2.24. The lowest BCUT2D eigenvalue weighted by Crippen LogP contribution is -2.34. The van der Waals surface area contributed by atoms with E-state index in [2.05, 4.69) is 77.5 Å². The smallest absolute Gasteiger partial charge is 0.149 e. The van der Waals surface area contributed by atoms with Crippen molar-refractivity contribution < 1.29 is 33.3 Å². The molecule has 0 aliphatic rings. The fourth-order valence-corrected chi connectivity index (χ4v) is 8.07. The SMILES string of the molecule is CN[C@@H](CCCCN)C(=O)CCCOCCOCCOCCOCCC(=O)CCCCCOc1cc(CN(Cc2ccccn2)Cc2ccccn2)cc(CN(Cc2ccccn2)Cc2ccccn2)c1. The quantitative estimate of drug-likeness (QED) is 0.0364. The van der Waals surface area contributed by atoms with Crippen LogP contribution in [0.5, 0.6) is 5.75 Å². The third-order valence-corrected chi connectivity index (χ3v) is 11.7. The first-order valence-corrected chi connectivity index (χ1v) is 25.5. The minimum Gasteiger partial charge on any atom is -0.494 e. The molecule has 4 heterocycles. The molecule has 0 unspecified atom stereocenters. The average Bonchev–Trinajstić information content (AvgIpc) is 3.38. The van der Waals surface area contributed by atoms with Crippen LogP contribution in [0.4, 0.5) is 0 Å². The predicted molar refractivity (Wildman–Crippen MR) is 276 cm³/mol. The molecule has 15 nitrogen and oxygen atoms in total. The molecule has 384 valence electrons. The molecule has 0 amide bonds. The molecule has 0 saturated heterocycles. The number of pyridine rings is 4. The minimum atomic E-state index is -0.103. The Hall–Kier alpha value is -5.36. The van der Waals surface area contributed by atoms with E-state index < -0.39 is 0 Å². The van der Waals surface area contributed by atoms with E-state index in [0.29, 0.717) is 131 Å². The van der Waals surface area contributed by atoms with Gasteiger partial charge >= 0.3 is 0 Å². The van der Waals surface area contributed by atoms with Gasteiger partial charge in [0.05, 0.1) is 81.7 Å². The maximum absolute atomic E-state index is 12.6. The maximum atomic E-state index is 12.6. The number of nitrogens with zero attached hydrogens (tertiary/aromatic N) is 6. The Bertz CT molecular complexity index is 1950. The topological polar surface area (TPSA) is 176 Å². The molecule has 15 heteroatoms. The molecule has 71 heavy (non-hydrogen) atoms. The van der Waals surface area contributed by atoms with Crippen LogP contribution >= 0.6 is 0 Å². The fourth-order valence-electron chi connectivity index (χ4n) is 8.07. The number of nitrogens with two attached hydrogens (primary N) is 1. The normalized spacial score (nSPS) is 11.9. The number of carbonyl (C=O) groups is 2. The third-order valence-electron chi connectivity index (χ3n) is 11.7. The first-order valence-electron chi connectivity index (χ1n) is 25.5. The zero-order valence-corrected chi connectivity index (χ0v) is 42.1. The summed E-state index contributed by atoms with van der Waals surface area (Å²) in [6, 6.07) is 30.6. The van der Waals surface area contributed by atoms with Gasteiger partial charge in [-0.25, -0.2) is 0 Å². The number of hydrogen-bond acceptors (Lipinski definition) is 15. The third kappa shape index (κ3) is 25.0. The summed E-state index contributed by atoms with van der Waals surface area (Å²) in [5.41, 5.74) is 11.8. The van der Waals surface area contributed by atoms with Gasteiger partial charge in [0.1, 0.15) is 17.3 Å². The van der Waals surface area contributed by atoms with Crippen LogP contribution in [-0.2, 0) is 67.8 Å². The van der Waals surface area contributed by atoms with Crippen molar-refractivity contribution in [1.29, 1.82) is 0 Å². The van der Waals surface area contributed by atoms with Gasteiger partial charge in [0.15, 0.2) is 0 Å². The molecule has 0 fully saturated rings. The number of nitrogens with one attached hydrogen (secondary N) is 1. The molecule has 0 radical (unpaired) electrons. The molecule has 1 aromatic carbocycles. The van der Waals surface area contributed by atoms with E-state index in [9.17, 15) is 9.59 Å². The molecule has 0 spiro atoms. The van der Waals surface area contributed by atoms with Crippen molar-refractivity contribution in [3.05, 3.63) is 150 Å². The van der Waals surface area contributed by atoms with Gasteiger partial charge in [-0.15, -0.1) is 0 Å². The van der Waals surface area contributed by atoms with Crippen molar-refractivity contribution in [3.8, 4) is 5.75 Å². The summed E-state index contributed by atoms with van der Waals surface area (Å²) in [6.07, 6.45) is 14.7. The van der Waals surface area contributed by atoms with Gasteiger partial charge in [0.25, 0.3) is 0 Å². The molecule has 1 atom stereocenters. The van der Waals surface area contributed by atoms with E-state index in [0.717, 1.165) is 78.2 Å². The van der Waals surface area contributed by atoms with E-state index in [1.54, 1.807) is 0 Å². The van der Waals surface area contributed by atoms with Crippen LogP contribution in [0.15, 0.2) is 116 Å². The van der Waals surface area contributed by atoms with E-state index in [1.807, 2.05) is 80.4 Å². The van der Waals surface area contributed by atoms with Crippen LogP contribution in [0.2, 0.25) is 0 Å². The van der Waals surface area contributed by atoms with Crippen LogP contribution in [-0.4, -0.2) is 120 Å². The molecule has 0 bridgehead atoms. The number of rotatable bonds is 41. The Kier molecular flexibility index (Phi) is 28.4. The van der Waals surface area contributed by atoms with Crippen molar-refractivity contribution in [2.75, 3.05) is 73.1 Å². The van der Waals surface area contributed by atoms with Crippen LogP contribution in [0, 0.1) is 0 Å². The second-order valence-corrected chi connectivity index (χ2v) is 17.7. The van der Waals surface area contributed by atoms with Gasteiger partial charge in [-0.05, 0) is 124 Å². The molecule has 0 aliphatic carbocycles. The summed E-state index contributed by atoms with van der Waals surface area (Å²) < 4.78 is 28.9. The number of carbonyl (C=O) groups excluding carboxylic acids is 2. The molecule has 4 aromatic heterocycles. The molecule has 5 aromatic rings. The number of unbranched alkanes of at least 4 members (excludes halogenated alkanes) is 3. The highest BCUT2D eigenvalue weighted by Gasteiger charge is 2.17. The Morgan fingerprint density at radius 3 is 1.44 bits per heavy atom. The molecule has 0 saturated carbocycles. The summed E-state index contributed by atoms with van der Waals surface area (Å²) in [7, 11) is 1.83. The molecular weight excluding hydrogens is 897 g/mol. The summed E-state index contributed by atoms with van der Waals surface area (Å²) in [6.45, 7) is 8.86. The van der Waals surface area contributed by atoms with Gasteiger partial charge in [-0.2, -0.15) is 0 Å². The van der Waals surface area contributed by atoms with Gasteiger partial charge in [0.2, 0.25) is 0 Å². The summed E-state index contributed by atoms with van der Waals surface area (Å²) in [5.74, 6) is 1.25.